The van der Waals surface area contributed by atoms with Crippen molar-refractivity contribution < 1.29 is 14.4 Å². The van der Waals surface area contributed by atoms with E-state index in [0.29, 0.717) is 41.8 Å². The molecule has 2 N–H and O–H groups in total. The molecule has 3 rings (SSSR count). The van der Waals surface area contributed by atoms with E-state index in [4.69, 9.17) is 23.2 Å². The van der Waals surface area contributed by atoms with E-state index in [0.717, 1.165) is 0 Å². The van der Waals surface area contributed by atoms with Crippen LogP contribution in [0.15, 0.2) is 6.07 Å². The molecule has 2 fully saturated rings. The van der Waals surface area contributed by atoms with Crippen molar-refractivity contribution in [3.8, 4) is 0 Å². The van der Waals surface area contributed by atoms with Gasteiger partial charge in [0.25, 0.3) is 11.8 Å². The zero-order valence-corrected chi connectivity index (χ0v) is 13.3. The Labute approximate surface area is 136 Å². The normalized spacial score (nSPS) is 20.2. The second-order valence-electron chi connectivity index (χ2n) is 5.51. The first-order valence-electron chi connectivity index (χ1n) is 6.78. The molecule has 2 aliphatic rings. The summed E-state index contributed by atoms with van der Waals surface area (Å²) in [4.78, 5) is 37.3. The van der Waals surface area contributed by atoms with E-state index in [9.17, 15) is 14.4 Å². The molecule has 0 saturated carbocycles. The van der Waals surface area contributed by atoms with Crippen LogP contribution in [0.1, 0.15) is 23.3 Å². The van der Waals surface area contributed by atoms with Crippen LogP contribution in [0.5, 0.6) is 0 Å². The third-order valence-electron chi connectivity index (χ3n) is 4.25. The summed E-state index contributed by atoms with van der Waals surface area (Å²) < 4.78 is 1.53. The predicted octanol–water partition coefficient (Wildman–Crippen LogP) is 1.15. The van der Waals surface area contributed by atoms with Gasteiger partial charge < -0.3 is 14.8 Å². The zero-order chi connectivity index (χ0) is 16.1. The van der Waals surface area contributed by atoms with Crippen molar-refractivity contribution in [1.82, 2.24) is 20.1 Å². The molecule has 2 aliphatic heterocycles. The number of nitrogens with zero attached hydrogens (tertiary/aromatic N) is 2. The first-order chi connectivity index (χ1) is 10.3. The van der Waals surface area contributed by atoms with Crippen LogP contribution in [-0.4, -0.2) is 45.9 Å². The molecule has 7 nitrogen and oxygen atoms in total. The van der Waals surface area contributed by atoms with E-state index in [-0.39, 0.29) is 11.8 Å². The van der Waals surface area contributed by atoms with Gasteiger partial charge >= 0.3 is 6.03 Å². The largest absolute Gasteiger partial charge is 0.337 e. The number of urea groups is 1. The summed E-state index contributed by atoms with van der Waals surface area (Å²) in [5.74, 6) is -0.523. The van der Waals surface area contributed by atoms with Crippen LogP contribution in [0, 0.1) is 0 Å². The Morgan fingerprint density at radius 1 is 1.27 bits per heavy atom. The standard InChI is InChI=1S/C13H14Cl2N4O3/c1-18-8(6-7(14)9(18)15)10(20)19-4-2-13(3-5-19)11(21)16-12(22)17-13/h6H,2-5H2,1H3,(H2,16,17,21,22). The number of halogens is 2. The van der Waals surface area contributed by atoms with Gasteiger partial charge in [-0.25, -0.2) is 4.79 Å². The summed E-state index contributed by atoms with van der Waals surface area (Å²) in [6.45, 7) is 0.736. The highest BCUT2D eigenvalue weighted by Crippen LogP contribution is 2.29. The van der Waals surface area contributed by atoms with Crippen LogP contribution >= 0.6 is 23.2 Å². The van der Waals surface area contributed by atoms with Gasteiger partial charge in [-0.2, -0.15) is 0 Å². The number of likely N-dealkylation sites (tertiary alicyclic amines) is 1. The molecule has 0 aromatic carbocycles. The fourth-order valence-corrected chi connectivity index (χ4v) is 3.26. The molecule has 3 heterocycles. The van der Waals surface area contributed by atoms with E-state index >= 15 is 0 Å². The van der Waals surface area contributed by atoms with Crippen LogP contribution in [0.4, 0.5) is 4.79 Å². The van der Waals surface area contributed by atoms with E-state index in [1.165, 1.54) is 10.6 Å². The summed E-state index contributed by atoms with van der Waals surface area (Å²) in [6.07, 6.45) is 0.754. The van der Waals surface area contributed by atoms with E-state index < -0.39 is 11.6 Å². The minimum absolute atomic E-state index is 0.198. The average molecular weight is 345 g/mol. The molecule has 9 heteroatoms. The summed E-state index contributed by atoms with van der Waals surface area (Å²) in [5, 5.41) is 5.53. The van der Waals surface area contributed by atoms with Gasteiger partial charge in [-0.15, -0.1) is 0 Å². The maximum atomic E-state index is 12.5. The molecular weight excluding hydrogens is 331 g/mol. The number of imide groups is 1. The summed E-state index contributed by atoms with van der Waals surface area (Å²) in [5.41, 5.74) is -0.497. The van der Waals surface area contributed by atoms with Gasteiger partial charge in [0.2, 0.25) is 0 Å². The SMILES string of the molecule is Cn1c(C(=O)N2CCC3(CC2)NC(=O)NC3=O)cc(Cl)c1Cl. The fraction of sp³-hybridized carbons (Fsp3) is 0.462. The Balaban J connectivity index is 1.74. The van der Waals surface area contributed by atoms with E-state index in [1.54, 1.807) is 11.9 Å². The van der Waals surface area contributed by atoms with Gasteiger partial charge in [0, 0.05) is 20.1 Å². The highest BCUT2D eigenvalue weighted by atomic mass is 35.5. The molecule has 2 saturated heterocycles. The molecule has 0 atom stereocenters. The van der Waals surface area contributed by atoms with Crippen molar-refractivity contribution in [2.45, 2.75) is 18.4 Å². The Morgan fingerprint density at radius 3 is 2.36 bits per heavy atom. The lowest BCUT2D eigenvalue weighted by atomic mass is 9.87. The first-order valence-corrected chi connectivity index (χ1v) is 7.53. The molecule has 22 heavy (non-hydrogen) atoms. The third-order valence-corrected chi connectivity index (χ3v) is 5.10. The molecule has 118 valence electrons. The van der Waals surface area contributed by atoms with Crippen LogP contribution in [0.3, 0.4) is 0 Å². The zero-order valence-electron chi connectivity index (χ0n) is 11.8. The average Bonchev–Trinajstić information content (AvgIpc) is 2.90. The number of hydrogen-bond acceptors (Lipinski definition) is 3. The number of carbonyl (C=O) groups is 3. The lowest BCUT2D eigenvalue weighted by molar-refractivity contribution is -0.125. The molecule has 0 bridgehead atoms. The van der Waals surface area contributed by atoms with Crippen molar-refractivity contribution in [2.24, 2.45) is 7.05 Å². The van der Waals surface area contributed by atoms with Gasteiger partial charge in [-0.1, -0.05) is 23.2 Å². The lowest BCUT2D eigenvalue weighted by Crippen LogP contribution is -2.55. The number of piperidine rings is 1. The van der Waals surface area contributed by atoms with Gasteiger partial charge in [0.1, 0.15) is 16.4 Å². The fourth-order valence-electron chi connectivity index (χ4n) is 2.88. The van der Waals surface area contributed by atoms with Gasteiger partial charge in [-0.3, -0.25) is 14.9 Å². The monoisotopic (exact) mass is 344 g/mol. The number of rotatable bonds is 1. The summed E-state index contributed by atoms with van der Waals surface area (Å²) in [7, 11) is 1.66. The molecule has 0 radical (unpaired) electrons. The second kappa shape index (κ2) is 5.17. The molecule has 1 aromatic rings. The van der Waals surface area contributed by atoms with Gasteiger partial charge in [0.05, 0.1) is 5.02 Å². The highest BCUT2D eigenvalue weighted by molar-refractivity contribution is 6.41. The van der Waals surface area contributed by atoms with Crippen LogP contribution in [0.25, 0.3) is 0 Å². The Morgan fingerprint density at radius 2 is 1.91 bits per heavy atom. The molecule has 1 spiro atoms. The summed E-state index contributed by atoms with van der Waals surface area (Å²) >= 11 is 11.9. The maximum Gasteiger partial charge on any atom is 0.322 e. The minimum Gasteiger partial charge on any atom is -0.337 e. The highest BCUT2D eigenvalue weighted by Gasteiger charge is 2.48. The minimum atomic E-state index is -0.892. The second-order valence-corrected chi connectivity index (χ2v) is 6.28. The molecular formula is C13H14Cl2N4O3. The lowest BCUT2D eigenvalue weighted by Gasteiger charge is -2.36. The van der Waals surface area contributed by atoms with E-state index in [1.807, 2.05) is 0 Å². The Kier molecular flexibility index (Phi) is 3.57. The van der Waals surface area contributed by atoms with Crippen LogP contribution in [0.2, 0.25) is 10.2 Å². The number of nitrogens with one attached hydrogen (secondary N) is 2. The molecule has 1 aromatic heterocycles. The van der Waals surface area contributed by atoms with Crippen molar-refractivity contribution >= 4 is 41.0 Å². The van der Waals surface area contributed by atoms with Gasteiger partial charge in [-0.05, 0) is 18.9 Å². The smallest absolute Gasteiger partial charge is 0.322 e. The van der Waals surface area contributed by atoms with Crippen molar-refractivity contribution in [3.63, 3.8) is 0 Å². The van der Waals surface area contributed by atoms with Crippen LogP contribution < -0.4 is 10.6 Å². The number of amides is 4. The predicted molar refractivity (Wildman–Crippen MR) is 80.0 cm³/mol. The first kappa shape index (κ1) is 15.2. The Bertz CT molecular complexity index is 677. The van der Waals surface area contributed by atoms with Crippen LogP contribution in [-0.2, 0) is 11.8 Å². The number of carbonyl (C=O) groups excluding carboxylic acids is 3. The van der Waals surface area contributed by atoms with E-state index in [2.05, 4.69) is 10.6 Å². The molecule has 4 amide bonds. The summed E-state index contributed by atoms with van der Waals surface area (Å²) in [6, 6.07) is 1.05. The maximum absolute atomic E-state index is 12.5. The third kappa shape index (κ3) is 2.24. The number of aromatic nitrogens is 1. The number of hydrogen-bond donors (Lipinski definition) is 2. The quantitative estimate of drug-likeness (QED) is 0.749. The van der Waals surface area contributed by atoms with Crippen molar-refractivity contribution in [3.05, 3.63) is 21.9 Å². The molecule has 0 aliphatic carbocycles. The van der Waals surface area contributed by atoms with Crippen molar-refractivity contribution in [2.75, 3.05) is 13.1 Å². The topological polar surface area (TPSA) is 83.4 Å². The van der Waals surface area contributed by atoms with Gasteiger partial charge in [0.15, 0.2) is 0 Å². The van der Waals surface area contributed by atoms with Crippen molar-refractivity contribution in [1.29, 1.82) is 0 Å². The Hall–Kier alpha value is -1.73. The molecule has 0 unspecified atom stereocenters.